The van der Waals surface area contributed by atoms with Crippen LogP contribution < -0.4 is 10.0 Å². The van der Waals surface area contributed by atoms with Gasteiger partial charge in [0.1, 0.15) is 0 Å². The molecule has 2 aromatic rings. The maximum Gasteiger partial charge on any atom is 0.255 e. The van der Waals surface area contributed by atoms with Crippen molar-refractivity contribution in [3.05, 3.63) is 60.2 Å². The summed E-state index contributed by atoms with van der Waals surface area (Å²) in [4.78, 5) is 12.4. The van der Waals surface area contributed by atoms with E-state index in [4.69, 9.17) is 0 Å². The van der Waals surface area contributed by atoms with Crippen LogP contribution in [0.1, 0.15) is 43.0 Å². The standard InChI is InChI=1S/C22H26N2O3S/c1-15(21-14-16-7-8-18(21)13-16)24-28(26,27)20-11-9-19(10-12-20)23-22(25)17-5-3-2-4-6-17/h2-6,9-12,15-16,18,21,24H,7-8,13-14H2,1H3,(H,23,25)/t15-,16+,18+,21-/m1/s1. The van der Waals surface area contributed by atoms with Crippen LogP contribution in [0.15, 0.2) is 59.5 Å². The zero-order chi connectivity index (χ0) is 19.7. The average Bonchev–Trinajstić information content (AvgIpc) is 3.32. The molecule has 28 heavy (non-hydrogen) atoms. The molecule has 6 heteroatoms. The first kappa shape index (κ1) is 19.2. The Morgan fingerprint density at radius 3 is 2.32 bits per heavy atom. The van der Waals surface area contributed by atoms with Gasteiger partial charge in [0, 0.05) is 17.3 Å². The van der Waals surface area contributed by atoms with Crippen molar-refractivity contribution in [3.8, 4) is 0 Å². The van der Waals surface area contributed by atoms with Crippen molar-refractivity contribution >= 4 is 21.6 Å². The highest BCUT2D eigenvalue weighted by Crippen LogP contribution is 2.49. The molecule has 4 rings (SSSR count). The van der Waals surface area contributed by atoms with Gasteiger partial charge in [0.2, 0.25) is 10.0 Å². The van der Waals surface area contributed by atoms with E-state index in [-0.39, 0.29) is 16.8 Å². The molecular formula is C22H26N2O3S. The molecule has 2 aromatic carbocycles. The zero-order valence-electron chi connectivity index (χ0n) is 16.0. The summed E-state index contributed by atoms with van der Waals surface area (Å²) in [6, 6.07) is 15.2. The molecule has 0 spiro atoms. The van der Waals surface area contributed by atoms with Crippen LogP contribution in [-0.2, 0) is 10.0 Å². The molecule has 0 radical (unpaired) electrons. The summed E-state index contributed by atoms with van der Waals surface area (Å²) in [5, 5.41) is 2.79. The molecule has 0 aliphatic heterocycles. The first-order valence-electron chi connectivity index (χ1n) is 9.91. The normalized spacial score (nSPS) is 24.8. The molecule has 2 fully saturated rings. The summed E-state index contributed by atoms with van der Waals surface area (Å²) in [6.07, 6.45) is 4.93. The lowest BCUT2D eigenvalue weighted by Crippen LogP contribution is -2.40. The van der Waals surface area contributed by atoms with Crippen molar-refractivity contribution in [2.24, 2.45) is 17.8 Å². The second-order valence-corrected chi connectivity index (χ2v) is 9.81. The quantitative estimate of drug-likeness (QED) is 0.771. The van der Waals surface area contributed by atoms with Crippen molar-refractivity contribution in [2.45, 2.75) is 43.5 Å². The van der Waals surface area contributed by atoms with Gasteiger partial charge in [-0.05, 0) is 80.3 Å². The van der Waals surface area contributed by atoms with Gasteiger partial charge in [-0.25, -0.2) is 13.1 Å². The lowest BCUT2D eigenvalue weighted by atomic mass is 9.84. The van der Waals surface area contributed by atoms with Crippen LogP contribution in [0.3, 0.4) is 0 Å². The summed E-state index contributed by atoms with van der Waals surface area (Å²) in [5.41, 5.74) is 1.12. The van der Waals surface area contributed by atoms with Crippen LogP contribution in [0.5, 0.6) is 0 Å². The van der Waals surface area contributed by atoms with E-state index in [1.54, 1.807) is 36.4 Å². The average molecular weight is 399 g/mol. The largest absolute Gasteiger partial charge is 0.322 e. The highest BCUT2D eigenvalue weighted by molar-refractivity contribution is 7.89. The van der Waals surface area contributed by atoms with E-state index < -0.39 is 10.0 Å². The van der Waals surface area contributed by atoms with Crippen LogP contribution in [-0.4, -0.2) is 20.4 Å². The van der Waals surface area contributed by atoms with Crippen molar-refractivity contribution in [1.29, 1.82) is 0 Å². The van der Waals surface area contributed by atoms with E-state index in [9.17, 15) is 13.2 Å². The Balaban J connectivity index is 1.40. The predicted octanol–water partition coefficient (Wildman–Crippen LogP) is 4.04. The first-order chi connectivity index (χ1) is 13.4. The van der Waals surface area contributed by atoms with Crippen LogP contribution >= 0.6 is 0 Å². The number of fused-ring (bicyclic) bond motifs is 2. The minimum Gasteiger partial charge on any atom is -0.322 e. The van der Waals surface area contributed by atoms with Gasteiger partial charge in [-0.2, -0.15) is 0 Å². The van der Waals surface area contributed by atoms with Crippen molar-refractivity contribution in [1.82, 2.24) is 4.72 Å². The fraction of sp³-hybridized carbons (Fsp3) is 0.409. The van der Waals surface area contributed by atoms with Crippen molar-refractivity contribution in [2.75, 3.05) is 5.32 Å². The van der Waals surface area contributed by atoms with Gasteiger partial charge in [-0.1, -0.05) is 24.6 Å². The number of amides is 1. The maximum atomic E-state index is 12.8. The minimum absolute atomic E-state index is 0.0576. The van der Waals surface area contributed by atoms with E-state index in [2.05, 4.69) is 10.0 Å². The summed E-state index contributed by atoms with van der Waals surface area (Å²) in [5.74, 6) is 1.67. The van der Waals surface area contributed by atoms with E-state index in [0.29, 0.717) is 23.1 Å². The lowest BCUT2D eigenvalue weighted by molar-refractivity contribution is 0.102. The zero-order valence-corrected chi connectivity index (χ0v) is 16.8. The van der Waals surface area contributed by atoms with Gasteiger partial charge < -0.3 is 5.32 Å². The summed E-state index contributed by atoms with van der Waals surface area (Å²) >= 11 is 0. The highest BCUT2D eigenvalue weighted by atomic mass is 32.2. The maximum absolute atomic E-state index is 12.8. The van der Waals surface area contributed by atoms with Crippen LogP contribution in [0.25, 0.3) is 0 Å². The van der Waals surface area contributed by atoms with Gasteiger partial charge in [0.05, 0.1) is 4.90 Å². The van der Waals surface area contributed by atoms with Gasteiger partial charge in [-0.15, -0.1) is 0 Å². The van der Waals surface area contributed by atoms with Gasteiger partial charge in [0.25, 0.3) is 5.91 Å². The second-order valence-electron chi connectivity index (χ2n) is 8.09. The Kier molecular flexibility index (Phi) is 5.25. The van der Waals surface area contributed by atoms with Gasteiger partial charge in [-0.3, -0.25) is 4.79 Å². The molecular weight excluding hydrogens is 372 g/mol. The fourth-order valence-corrected chi connectivity index (χ4v) is 6.11. The van der Waals surface area contributed by atoms with Crippen LogP contribution in [0, 0.1) is 17.8 Å². The Morgan fingerprint density at radius 2 is 1.71 bits per heavy atom. The van der Waals surface area contributed by atoms with E-state index in [0.717, 1.165) is 12.3 Å². The van der Waals surface area contributed by atoms with E-state index in [1.807, 2.05) is 13.0 Å². The molecule has 0 unspecified atom stereocenters. The Labute approximate surface area is 166 Å². The van der Waals surface area contributed by atoms with Crippen molar-refractivity contribution < 1.29 is 13.2 Å². The molecule has 0 saturated heterocycles. The molecule has 2 aliphatic rings. The summed E-state index contributed by atoms with van der Waals surface area (Å²) in [6.45, 7) is 1.98. The third-order valence-electron chi connectivity index (χ3n) is 6.23. The second kappa shape index (κ2) is 7.68. The van der Waals surface area contributed by atoms with Gasteiger partial charge in [0.15, 0.2) is 0 Å². The number of carbonyl (C=O) groups is 1. The summed E-state index contributed by atoms with van der Waals surface area (Å²) < 4.78 is 28.4. The third-order valence-corrected chi connectivity index (χ3v) is 7.81. The predicted molar refractivity (Wildman–Crippen MR) is 110 cm³/mol. The number of anilines is 1. The van der Waals surface area contributed by atoms with Crippen LogP contribution in [0.2, 0.25) is 0 Å². The smallest absolute Gasteiger partial charge is 0.255 e. The fourth-order valence-electron chi connectivity index (χ4n) is 4.82. The van der Waals surface area contributed by atoms with Gasteiger partial charge >= 0.3 is 0 Å². The molecule has 5 nitrogen and oxygen atoms in total. The number of carbonyl (C=O) groups excluding carboxylic acids is 1. The molecule has 0 aromatic heterocycles. The summed E-state index contributed by atoms with van der Waals surface area (Å²) in [7, 11) is -3.57. The number of hydrogen-bond donors (Lipinski definition) is 2. The Hall–Kier alpha value is -2.18. The molecule has 1 amide bonds. The topological polar surface area (TPSA) is 75.3 Å². The Morgan fingerprint density at radius 1 is 1.00 bits per heavy atom. The molecule has 2 N–H and O–H groups in total. The van der Waals surface area contributed by atoms with Crippen LogP contribution in [0.4, 0.5) is 5.69 Å². The molecule has 4 atom stereocenters. The third kappa shape index (κ3) is 3.98. The van der Waals surface area contributed by atoms with E-state index in [1.165, 1.54) is 31.4 Å². The van der Waals surface area contributed by atoms with Crippen molar-refractivity contribution in [3.63, 3.8) is 0 Å². The molecule has 2 aliphatic carbocycles. The minimum atomic E-state index is -3.57. The number of sulfonamides is 1. The highest BCUT2D eigenvalue weighted by Gasteiger charge is 2.42. The molecule has 2 saturated carbocycles. The molecule has 2 bridgehead atoms. The molecule has 0 heterocycles. The Bertz CT molecular complexity index is 942. The number of rotatable bonds is 6. The molecule has 148 valence electrons. The monoisotopic (exact) mass is 398 g/mol. The van der Waals surface area contributed by atoms with E-state index >= 15 is 0 Å². The number of hydrogen-bond acceptors (Lipinski definition) is 3. The number of benzene rings is 2. The lowest BCUT2D eigenvalue weighted by Gasteiger charge is -2.28. The number of nitrogens with one attached hydrogen (secondary N) is 2. The first-order valence-corrected chi connectivity index (χ1v) is 11.4. The SMILES string of the molecule is C[C@@H](NS(=O)(=O)c1ccc(NC(=O)c2ccccc2)cc1)[C@H]1C[C@H]2CC[C@H]1C2.